The van der Waals surface area contributed by atoms with Gasteiger partial charge in [-0.25, -0.2) is 0 Å². The van der Waals surface area contributed by atoms with Crippen LogP contribution in [-0.2, 0) is 27.3 Å². The minimum absolute atomic E-state index is 0.109. The molecule has 3 aliphatic rings. The first kappa shape index (κ1) is 21.4. The first-order valence-corrected chi connectivity index (χ1v) is 12.2. The van der Waals surface area contributed by atoms with Gasteiger partial charge in [-0.15, -0.1) is 0 Å². The summed E-state index contributed by atoms with van der Waals surface area (Å²) in [4.78, 5) is 46.9. The number of para-hydroxylation sites is 1. The lowest BCUT2D eigenvalue weighted by atomic mass is 9.85. The number of imide groups is 1. The van der Waals surface area contributed by atoms with E-state index in [2.05, 4.69) is 27.0 Å². The molecule has 2 aliphatic heterocycles. The molecule has 5 rings (SSSR count). The van der Waals surface area contributed by atoms with Gasteiger partial charge in [-0.05, 0) is 47.2 Å². The van der Waals surface area contributed by atoms with Crippen LogP contribution in [0.3, 0.4) is 0 Å². The summed E-state index contributed by atoms with van der Waals surface area (Å²) in [5, 5.41) is 1.11. The minimum atomic E-state index is -0.723. The molecule has 1 aromatic heterocycles. The molecule has 0 radical (unpaired) electrons. The lowest BCUT2D eigenvalue weighted by molar-refractivity contribution is -0.152. The monoisotopic (exact) mass is 497 g/mol. The molecule has 1 N–H and O–H groups in total. The second-order valence-corrected chi connectivity index (χ2v) is 10.5. The summed E-state index contributed by atoms with van der Waals surface area (Å²) in [6.07, 6.45) is 6.36. The van der Waals surface area contributed by atoms with E-state index >= 15 is 0 Å². The van der Waals surface area contributed by atoms with Gasteiger partial charge in [0, 0.05) is 40.6 Å². The first-order valence-electron chi connectivity index (χ1n) is 11.5. The van der Waals surface area contributed by atoms with Crippen molar-refractivity contribution in [3.8, 4) is 0 Å². The highest BCUT2D eigenvalue weighted by Gasteiger charge is 2.51. The van der Waals surface area contributed by atoms with Gasteiger partial charge in [0.2, 0.25) is 17.7 Å². The third kappa shape index (κ3) is 3.41. The Kier molecular flexibility index (Phi) is 5.48. The van der Waals surface area contributed by atoms with Gasteiger partial charge in [0.15, 0.2) is 0 Å². The van der Waals surface area contributed by atoms with Crippen molar-refractivity contribution >= 4 is 44.6 Å². The lowest BCUT2D eigenvalue weighted by Gasteiger charge is -2.34. The van der Waals surface area contributed by atoms with E-state index in [9.17, 15) is 14.4 Å². The molecule has 3 amide bonds. The van der Waals surface area contributed by atoms with E-state index < -0.39 is 6.04 Å². The Labute approximate surface area is 196 Å². The molecule has 168 valence electrons. The Hall–Kier alpha value is -2.41. The number of aromatic nitrogens is 1. The van der Waals surface area contributed by atoms with Crippen molar-refractivity contribution in [1.82, 2.24) is 14.8 Å². The number of allylic oxidation sites excluding steroid dienone is 2. The number of hydrogen-bond donors (Lipinski definition) is 1. The number of likely N-dealkylation sites (tertiary alicyclic amines) is 1. The number of halogens is 1. The summed E-state index contributed by atoms with van der Waals surface area (Å²) in [6, 6.07) is 5.35. The number of H-pyrrole nitrogens is 1. The van der Waals surface area contributed by atoms with Crippen molar-refractivity contribution in [2.75, 3.05) is 6.54 Å². The maximum Gasteiger partial charge on any atom is 0.246 e. The Balaban J connectivity index is 1.44. The van der Waals surface area contributed by atoms with Crippen molar-refractivity contribution in [2.24, 2.45) is 17.8 Å². The maximum atomic E-state index is 13.8. The smallest absolute Gasteiger partial charge is 0.246 e. The van der Waals surface area contributed by atoms with Crippen LogP contribution in [0, 0.1) is 17.8 Å². The number of hydrogen-bond acceptors (Lipinski definition) is 3. The number of rotatable bonds is 4. The van der Waals surface area contributed by atoms with E-state index in [1.165, 1.54) is 4.90 Å². The lowest BCUT2D eigenvalue weighted by Crippen LogP contribution is -2.52. The van der Waals surface area contributed by atoms with Gasteiger partial charge < -0.3 is 9.88 Å². The topological polar surface area (TPSA) is 73.5 Å². The number of carbonyl (C=O) groups excluding carboxylic acids is 3. The van der Waals surface area contributed by atoms with E-state index in [0.29, 0.717) is 32.4 Å². The molecule has 3 heterocycles. The predicted molar refractivity (Wildman–Crippen MR) is 126 cm³/mol. The van der Waals surface area contributed by atoms with Crippen LogP contribution in [0.15, 0.2) is 34.8 Å². The number of nitrogens with one attached hydrogen (secondary N) is 1. The summed E-state index contributed by atoms with van der Waals surface area (Å²) >= 11 is 3.61. The molecule has 6 nitrogen and oxygen atoms in total. The molecule has 7 heteroatoms. The van der Waals surface area contributed by atoms with Crippen LogP contribution in [0.4, 0.5) is 0 Å². The van der Waals surface area contributed by atoms with Crippen LogP contribution in [0.25, 0.3) is 10.9 Å². The Morgan fingerprint density at radius 2 is 1.84 bits per heavy atom. The molecule has 3 unspecified atom stereocenters. The third-order valence-corrected chi connectivity index (χ3v) is 7.77. The molecule has 0 bridgehead atoms. The molecular weight excluding hydrogens is 470 g/mol. The quantitative estimate of drug-likeness (QED) is 0.508. The number of amides is 3. The average Bonchev–Trinajstić information content (AvgIpc) is 3.28. The van der Waals surface area contributed by atoms with Gasteiger partial charge in [-0.1, -0.05) is 38.1 Å². The third-order valence-electron chi connectivity index (χ3n) is 7.10. The molecule has 0 spiro atoms. The number of carbonyl (C=O) groups is 3. The van der Waals surface area contributed by atoms with Crippen LogP contribution >= 0.6 is 15.9 Å². The molecule has 1 fully saturated rings. The fourth-order valence-electron chi connectivity index (χ4n) is 5.50. The van der Waals surface area contributed by atoms with E-state index in [1.807, 2.05) is 43.0 Å². The van der Waals surface area contributed by atoms with E-state index in [1.54, 1.807) is 0 Å². The molecule has 1 saturated heterocycles. The zero-order valence-corrected chi connectivity index (χ0v) is 20.0. The van der Waals surface area contributed by atoms with Gasteiger partial charge in [-0.2, -0.15) is 0 Å². The van der Waals surface area contributed by atoms with Crippen LogP contribution < -0.4 is 0 Å². The maximum absolute atomic E-state index is 13.8. The van der Waals surface area contributed by atoms with Crippen molar-refractivity contribution in [3.05, 3.63) is 46.1 Å². The van der Waals surface area contributed by atoms with Crippen molar-refractivity contribution in [2.45, 2.75) is 52.1 Å². The zero-order chi connectivity index (χ0) is 22.6. The predicted octanol–water partition coefficient (Wildman–Crippen LogP) is 4.18. The molecule has 32 heavy (non-hydrogen) atoms. The molecule has 3 atom stereocenters. The van der Waals surface area contributed by atoms with Gasteiger partial charge in [0.25, 0.3) is 0 Å². The minimum Gasteiger partial charge on any atom is -0.357 e. The number of aromatic amines is 1. The van der Waals surface area contributed by atoms with E-state index in [4.69, 9.17) is 0 Å². The van der Waals surface area contributed by atoms with Crippen molar-refractivity contribution in [1.29, 1.82) is 0 Å². The van der Waals surface area contributed by atoms with Crippen molar-refractivity contribution in [3.63, 3.8) is 0 Å². The van der Waals surface area contributed by atoms with E-state index in [0.717, 1.165) is 33.1 Å². The summed E-state index contributed by atoms with van der Waals surface area (Å²) in [6.45, 7) is 5.14. The Bertz CT molecular complexity index is 1110. The summed E-state index contributed by atoms with van der Waals surface area (Å²) < 4.78 is 1.00. The zero-order valence-electron chi connectivity index (χ0n) is 18.4. The van der Waals surface area contributed by atoms with Crippen LogP contribution in [0.5, 0.6) is 0 Å². The van der Waals surface area contributed by atoms with Gasteiger partial charge in [0.05, 0.1) is 17.4 Å². The Morgan fingerprint density at radius 3 is 2.50 bits per heavy atom. The number of benzene rings is 1. The second-order valence-electron chi connectivity index (χ2n) is 9.60. The van der Waals surface area contributed by atoms with Crippen LogP contribution in [-0.4, -0.2) is 45.1 Å². The fourth-order valence-corrected chi connectivity index (χ4v) is 5.96. The van der Waals surface area contributed by atoms with Gasteiger partial charge in [-0.3, -0.25) is 19.3 Å². The van der Waals surface area contributed by atoms with E-state index in [-0.39, 0.29) is 35.5 Å². The van der Waals surface area contributed by atoms with Crippen molar-refractivity contribution < 1.29 is 14.4 Å². The Morgan fingerprint density at radius 1 is 1.16 bits per heavy atom. The SMILES string of the molecule is CC(C)CC(C(=O)N1CCc2[nH]c3c(Br)cccc3c2C1)N1C(=O)C2CC=CCC2C1=O. The summed E-state index contributed by atoms with van der Waals surface area (Å²) in [5.74, 6) is -0.881. The highest BCUT2D eigenvalue weighted by atomic mass is 79.9. The molecule has 2 aromatic rings. The fraction of sp³-hybridized carbons (Fsp3) is 0.480. The normalized spacial score (nSPS) is 23.8. The first-order chi connectivity index (χ1) is 15.4. The number of nitrogens with zero attached hydrogens (tertiary/aromatic N) is 2. The molecule has 1 aliphatic carbocycles. The molecular formula is C25H28BrN3O3. The standard InChI is InChI=1S/C25H28BrN3O3/c1-14(2)12-21(29-23(30)16-6-3-4-7-17(16)24(29)31)25(32)28-11-10-20-18(13-28)15-8-5-9-19(26)22(15)27-20/h3-5,8-9,14,16-17,21,27H,6-7,10-13H2,1-2H3. The molecule has 0 saturated carbocycles. The average molecular weight is 498 g/mol. The highest BCUT2D eigenvalue weighted by molar-refractivity contribution is 9.10. The number of fused-ring (bicyclic) bond motifs is 4. The van der Waals surface area contributed by atoms with Crippen LogP contribution in [0.2, 0.25) is 0 Å². The largest absolute Gasteiger partial charge is 0.357 e. The van der Waals surface area contributed by atoms with Gasteiger partial charge >= 0.3 is 0 Å². The summed E-state index contributed by atoms with van der Waals surface area (Å²) in [7, 11) is 0. The highest BCUT2D eigenvalue weighted by Crippen LogP contribution is 2.38. The van der Waals surface area contributed by atoms with Crippen LogP contribution in [0.1, 0.15) is 44.4 Å². The summed E-state index contributed by atoms with van der Waals surface area (Å²) in [5.41, 5.74) is 3.33. The van der Waals surface area contributed by atoms with Gasteiger partial charge in [0.1, 0.15) is 6.04 Å². The second kappa shape index (κ2) is 8.18. The molecule has 1 aromatic carbocycles.